The van der Waals surface area contributed by atoms with E-state index in [4.69, 9.17) is 5.73 Å². The number of benzene rings is 1. The van der Waals surface area contributed by atoms with Gasteiger partial charge >= 0.3 is 0 Å². The van der Waals surface area contributed by atoms with Crippen LogP contribution in [0.15, 0.2) is 16.6 Å². The SMILES string of the molecule is Cc1cc(Br)c(N)c(C(=O)NC2CC2)c1. The highest BCUT2D eigenvalue weighted by Crippen LogP contribution is 2.26. The van der Waals surface area contributed by atoms with Crippen LogP contribution in [0.3, 0.4) is 0 Å². The summed E-state index contributed by atoms with van der Waals surface area (Å²) in [4.78, 5) is 11.8. The van der Waals surface area contributed by atoms with Gasteiger partial charge in [0.25, 0.3) is 5.91 Å². The monoisotopic (exact) mass is 268 g/mol. The third-order valence-corrected chi connectivity index (χ3v) is 3.09. The number of nitrogen functional groups attached to an aromatic ring is 1. The van der Waals surface area contributed by atoms with Crippen molar-refractivity contribution < 1.29 is 4.79 Å². The third kappa shape index (κ3) is 2.31. The average molecular weight is 269 g/mol. The van der Waals surface area contributed by atoms with E-state index in [-0.39, 0.29) is 5.91 Å². The van der Waals surface area contributed by atoms with Gasteiger partial charge in [-0.05, 0) is 53.4 Å². The van der Waals surface area contributed by atoms with Gasteiger partial charge in [-0.2, -0.15) is 0 Å². The third-order valence-electron chi connectivity index (χ3n) is 2.43. The highest BCUT2D eigenvalue weighted by molar-refractivity contribution is 9.10. The smallest absolute Gasteiger partial charge is 0.253 e. The molecule has 0 atom stereocenters. The van der Waals surface area contributed by atoms with Gasteiger partial charge in [0.2, 0.25) is 0 Å². The molecular formula is C11H13BrN2O. The van der Waals surface area contributed by atoms with Crippen molar-refractivity contribution in [3.05, 3.63) is 27.7 Å². The Morgan fingerprint density at radius 1 is 1.53 bits per heavy atom. The minimum absolute atomic E-state index is 0.0700. The molecule has 1 aromatic carbocycles. The zero-order chi connectivity index (χ0) is 11.0. The molecule has 80 valence electrons. The minimum atomic E-state index is -0.0700. The van der Waals surface area contributed by atoms with E-state index < -0.39 is 0 Å². The van der Waals surface area contributed by atoms with Crippen molar-refractivity contribution >= 4 is 27.5 Å². The maximum Gasteiger partial charge on any atom is 0.253 e. The number of rotatable bonds is 2. The summed E-state index contributed by atoms with van der Waals surface area (Å²) < 4.78 is 0.781. The Morgan fingerprint density at radius 2 is 2.20 bits per heavy atom. The first-order chi connectivity index (χ1) is 7.08. The summed E-state index contributed by atoms with van der Waals surface area (Å²) in [6.07, 6.45) is 2.16. The Morgan fingerprint density at radius 3 is 2.80 bits per heavy atom. The van der Waals surface area contributed by atoms with E-state index in [9.17, 15) is 4.79 Å². The van der Waals surface area contributed by atoms with Gasteiger partial charge in [-0.15, -0.1) is 0 Å². The molecule has 0 heterocycles. The molecule has 0 radical (unpaired) electrons. The van der Waals surface area contributed by atoms with Gasteiger partial charge in [-0.25, -0.2) is 0 Å². The molecule has 1 aliphatic carbocycles. The largest absolute Gasteiger partial charge is 0.397 e. The minimum Gasteiger partial charge on any atom is -0.397 e. The lowest BCUT2D eigenvalue weighted by Gasteiger charge is -2.09. The fourth-order valence-corrected chi connectivity index (χ4v) is 2.01. The maximum atomic E-state index is 11.8. The molecule has 1 aliphatic rings. The molecular weight excluding hydrogens is 256 g/mol. The fourth-order valence-electron chi connectivity index (χ4n) is 1.43. The predicted molar refractivity (Wildman–Crippen MR) is 63.8 cm³/mol. The van der Waals surface area contributed by atoms with Crippen molar-refractivity contribution in [3.8, 4) is 0 Å². The average Bonchev–Trinajstić information content (AvgIpc) is 2.94. The molecule has 1 fully saturated rings. The van der Waals surface area contributed by atoms with Crippen LogP contribution in [-0.2, 0) is 0 Å². The second-order valence-corrected chi connectivity index (χ2v) is 4.81. The van der Waals surface area contributed by atoms with Crippen molar-refractivity contribution in [3.63, 3.8) is 0 Å². The quantitative estimate of drug-likeness (QED) is 0.809. The Labute approximate surface area is 97.2 Å². The van der Waals surface area contributed by atoms with Crippen LogP contribution in [0.25, 0.3) is 0 Å². The van der Waals surface area contributed by atoms with Crippen LogP contribution < -0.4 is 11.1 Å². The number of hydrogen-bond donors (Lipinski definition) is 2. The lowest BCUT2D eigenvalue weighted by Crippen LogP contribution is -2.26. The number of carbonyl (C=O) groups excluding carboxylic acids is 1. The molecule has 1 amide bonds. The summed E-state index contributed by atoms with van der Waals surface area (Å²) in [6, 6.07) is 4.08. The molecule has 0 unspecified atom stereocenters. The summed E-state index contributed by atoms with van der Waals surface area (Å²) in [5.41, 5.74) is 7.94. The normalized spacial score (nSPS) is 15.1. The van der Waals surface area contributed by atoms with E-state index >= 15 is 0 Å². The van der Waals surface area contributed by atoms with Crippen LogP contribution in [0.4, 0.5) is 5.69 Å². The van der Waals surface area contributed by atoms with E-state index in [2.05, 4.69) is 21.2 Å². The van der Waals surface area contributed by atoms with Crippen LogP contribution in [0.2, 0.25) is 0 Å². The molecule has 1 saturated carbocycles. The van der Waals surface area contributed by atoms with Crippen molar-refractivity contribution in [2.45, 2.75) is 25.8 Å². The summed E-state index contributed by atoms with van der Waals surface area (Å²) >= 11 is 3.34. The highest BCUT2D eigenvalue weighted by atomic mass is 79.9. The molecule has 1 aromatic rings. The summed E-state index contributed by atoms with van der Waals surface area (Å²) in [7, 11) is 0. The van der Waals surface area contributed by atoms with E-state index in [1.807, 2.05) is 19.1 Å². The first-order valence-electron chi connectivity index (χ1n) is 4.94. The molecule has 0 bridgehead atoms. The molecule has 2 rings (SSSR count). The van der Waals surface area contributed by atoms with Gasteiger partial charge in [0, 0.05) is 10.5 Å². The van der Waals surface area contributed by atoms with Crippen molar-refractivity contribution in [2.75, 3.05) is 5.73 Å². The first-order valence-corrected chi connectivity index (χ1v) is 5.73. The van der Waals surface area contributed by atoms with Gasteiger partial charge in [-0.1, -0.05) is 0 Å². The van der Waals surface area contributed by atoms with Crippen molar-refractivity contribution in [1.29, 1.82) is 0 Å². The van der Waals surface area contributed by atoms with Crippen LogP contribution in [-0.4, -0.2) is 11.9 Å². The van der Waals surface area contributed by atoms with Crippen LogP contribution >= 0.6 is 15.9 Å². The lowest BCUT2D eigenvalue weighted by atomic mass is 10.1. The highest BCUT2D eigenvalue weighted by Gasteiger charge is 2.24. The number of amides is 1. The van der Waals surface area contributed by atoms with E-state index in [0.717, 1.165) is 22.9 Å². The topological polar surface area (TPSA) is 55.1 Å². The van der Waals surface area contributed by atoms with E-state index in [0.29, 0.717) is 17.3 Å². The number of nitrogens with two attached hydrogens (primary N) is 1. The van der Waals surface area contributed by atoms with Crippen LogP contribution in [0.5, 0.6) is 0 Å². The Balaban J connectivity index is 2.28. The molecule has 3 nitrogen and oxygen atoms in total. The van der Waals surface area contributed by atoms with Crippen molar-refractivity contribution in [2.24, 2.45) is 0 Å². The van der Waals surface area contributed by atoms with Crippen molar-refractivity contribution in [1.82, 2.24) is 5.32 Å². The molecule has 3 N–H and O–H groups in total. The maximum absolute atomic E-state index is 11.8. The van der Waals surface area contributed by atoms with Crippen LogP contribution in [0.1, 0.15) is 28.8 Å². The van der Waals surface area contributed by atoms with Gasteiger partial charge in [0.15, 0.2) is 0 Å². The van der Waals surface area contributed by atoms with Gasteiger partial charge in [0.1, 0.15) is 0 Å². The molecule has 0 aliphatic heterocycles. The first kappa shape index (κ1) is 10.5. The summed E-state index contributed by atoms with van der Waals surface area (Å²) in [5, 5.41) is 2.93. The van der Waals surface area contributed by atoms with Gasteiger partial charge in [-0.3, -0.25) is 4.79 Å². The zero-order valence-corrected chi connectivity index (χ0v) is 10.1. The lowest BCUT2D eigenvalue weighted by molar-refractivity contribution is 0.0952. The van der Waals surface area contributed by atoms with Crippen LogP contribution in [0, 0.1) is 6.92 Å². The number of anilines is 1. The second kappa shape index (κ2) is 3.85. The summed E-state index contributed by atoms with van der Waals surface area (Å²) in [5.74, 6) is -0.0700. The molecule has 0 spiro atoms. The number of carbonyl (C=O) groups is 1. The van der Waals surface area contributed by atoms with Gasteiger partial charge < -0.3 is 11.1 Å². The van der Waals surface area contributed by atoms with E-state index in [1.54, 1.807) is 0 Å². The molecule has 4 heteroatoms. The van der Waals surface area contributed by atoms with Gasteiger partial charge in [0.05, 0.1) is 11.3 Å². The number of halogens is 1. The Kier molecular flexibility index (Phi) is 2.69. The predicted octanol–water partition coefficient (Wildman–Crippen LogP) is 2.23. The second-order valence-electron chi connectivity index (χ2n) is 3.96. The molecule has 0 aromatic heterocycles. The molecule has 0 saturated heterocycles. The molecule has 15 heavy (non-hydrogen) atoms. The fraction of sp³-hybridized carbons (Fsp3) is 0.364. The standard InChI is InChI=1S/C11H13BrN2O/c1-6-4-8(10(13)9(12)5-6)11(15)14-7-2-3-7/h4-5,7H,2-3,13H2,1H3,(H,14,15). The number of hydrogen-bond acceptors (Lipinski definition) is 2. The van der Waals surface area contributed by atoms with E-state index in [1.165, 1.54) is 0 Å². The number of aryl methyl sites for hydroxylation is 1. The zero-order valence-electron chi connectivity index (χ0n) is 8.51. The Bertz CT molecular complexity index is 413. The summed E-state index contributed by atoms with van der Waals surface area (Å²) in [6.45, 7) is 1.94. The number of nitrogens with one attached hydrogen (secondary N) is 1. The Hall–Kier alpha value is -1.03.